The van der Waals surface area contributed by atoms with E-state index in [-0.39, 0.29) is 5.92 Å². The average molecular weight is 255 g/mol. The third-order valence-corrected chi connectivity index (χ3v) is 4.21. The lowest BCUT2D eigenvalue weighted by Crippen LogP contribution is -2.56. The molecule has 3 nitrogen and oxygen atoms in total. The van der Waals surface area contributed by atoms with Gasteiger partial charge < -0.3 is 10.0 Å². The Balaban J connectivity index is 2.19. The second-order valence-corrected chi connectivity index (χ2v) is 6.09. The molecule has 1 aliphatic heterocycles. The van der Waals surface area contributed by atoms with E-state index < -0.39 is 5.97 Å². The van der Waals surface area contributed by atoms with Crippen LogP contribution in [0.15, 0.2) is 0 Å². The molecule has 1 N–H and O–H groups in total. The molecule has 1 unspecified atom stereocenters. The first-order chi connectivity index (χ1) is 8.53. The summed E-state index contributed by atoms with van der Waals surface area (Å²) in [4.78, 5) is 13.2. The molecular formula is C15H29NO2. The van der Waals surface area contributed by atoms with Crippen molar-refractivity contribution in [2.24, 2.45) is 11.3 Å². The first kappa shape index (κ1) is 15.5. The van der Waals surface area contributed by atoms with Crippen LogP contribution in [0, 0.1) is 11.3 Å². The first-order valence-electron chi connectivity index (χ1n) is 7.48. The van der Waals surface area contributed by atoms with Gasteiger partial charge in [0.15, 0.2) is 0 Å². The number of carboxylic acid groups (broad SMARTS) is 1. The van der Waals surface area contributed by atoms with Gasteiger partial charge >= 0.3 is 5.97 Å². The number of nitrogens with zero attached hydrogens (tertiary/aromatic N) is 1. The predicted molar refractivity (Wildman–Crippen MR) is 74.7 cm³/mol. The molecule has 0 radical (unpaired) electrons. The molecular weight excluding hydrogens is 226 g/mol. The Morgan fingerprint density at radius 2 is 1.83 bits per heavy atom. The molecule has 1 rings (SSSR count). The van der Waals surface area contributed by atoms with Crippen LogP contribution >= 0.6 is 0 Å². The summed E-state index contributed by atoms with van der Waals surface area (Å²) in [5.41, 5.74) is 0.585. The Morgan fingerprint density at radius 3 is 2.28 bits per heavy atom. The number of hydrogen-bond acceptors (Lipinski definition) is 2. The summed E-state index contributed by atoms with van der Waals surface area (Å²) in [6, 6.07) is 0. The highest BCUT2D eigenvalue weighted by atomic mass is 16.4. The molecule has 0 spiro atoms. The number of rotatable bonds is 9. The fraction of sp³-hybridized carbons (Fsp3) is 0.933. The minimum atomic E-state index is -0.662. The zero-order valence-corrected chi connectivity index (χ0v) is 12.2. The van der Waals surface area contributed by atoms with Crippen molar-refractivity contribution in [1.29, 1.82) is 0 Å². The van der Waals surface area contributed by atoms with Crippen LogP contribution in [0.4, 0.5) is 0 Å². The smallest absolute Gasteiger partial charge is 0.306 e. The van der Waals surface area contributed by atoms with E-state index in [0.29, 0.717) is 5.41 Å². The molecule has 0 aliphatic carbocycles. The molecule has 1 fully saturated rings. The van der Waals surface area contributed by atoms with E-state index >= 15 is 0 Å². The second-order valence-electron chi connectivity index (χ2n) is 6.09. The van der Waals surface area contributed by atoms with Crippen molar-refractivity contribution in [2.45, 2.75) is 59.3 Å². The van der Waals surface area contributed by atoms with E-state index in [1.165, 1.54) is 38.8 Å². The van der Waals surface area contributed by atoms with Crippen molar-refractivity contribution in [2.75, 3.05) is 19.6 Å². The standard InChI is InChI=1S/C15H29NO2/c1-4-8-15(9-5-2)11-16(12-15)10-6-7-13(3)14(17)18/h13H,4-12H2,1-3H3,(H,17,18). The first-order valence-corrected chi connectivity index (χ1v) is 7.48. The molecule has 0 amide bonds. The topological polar surface area (TPSA) is 40.5 Å². The van der Waals surface area contributed by atoms with Crippen molar-refractivity contribution >= 4 is 5.97 Å². The Hall–Kier alpha value is -0.570. The van der Waals surface area contributed by atoms with E-state index in [9.17, 15) is 4.79 Å². The fourth-order valence-electron chi connectivity index (χ4n) is 3.31. The number of carbonyl (C=O) groups is 1. The number of aliphatic carboxylic acids is 1. The molecule has 1 saturated heterocycles. The summed E-state index contributed by atoms with van der Waals surface area (Å²) < 4.78 is 0. The molecule has 18 heavy (non-hydrogen) atoms. The predicted octanol–water partition coefficient (Wildman–Crippen LogP) is 3.39. The largest absolute Gasteiger partial charge is 0.481 e. The highest BCUT2D eigenvalue weighted by Gasteiger charge is 2.40. The van der Waals surface area contributed by atoms with Gasteiger partial charge in [-0.2, -0.15) is 0 Å². The van der Waals surface area contributed by atoms with Crippen molar-refractivity contribution in [3.05, 3.63) is 0 Å². The Kier molecular flexibility index (Phi) is 6.13. The lowest BCUT2D eigenvalue weighted by Gasteiger charge is -2.51. The molecule has 0 bridgehead atoms. The van der Waals surface area contributed by atoms with Crippen molar-refractivity contribution in [3.8, 4) is 0 Å². The maximum absolute atomic E-state index is 10.7. The molecule has 0 aromatic carbocycles. The zero-order valence-electron chi connectivity index (χ0n) is 12.2. The molecule has 1 atom stereocenters. The maximum atomic E-state index is 10.7. The summed E-state index contributed by atoms with van der Waals surface area (Å²) in [6.45, 7) is 9.89. The van der Waals surface area contributed by atoms with Gasteiger partial charge in [0.05, 0.1) is 5.92 Å². The van der Waals surface area contributed by atoms with Gasteiger partial charge in [-0.3, -0.25) is 4.79 Å². The van der Waals surface area contributed by atoms with Crippen LogP contribution in [-0.2, 0) is 4.79 Å². The Bertz CT molecular complexity index is 251. The Morgan fingerprint density at radius 1 is 1.28 bits per heavy atom. The normalized spacial score (nSPS) is 20.4. The number of hydrogen-bond donors (Lipinski definition) is 1. The van der Waals surface area contributed by atoms with Crippen molar-refractivity contribution in [1.82, 2.24) is 4.90 Å². The molecule has 0 aromatic heterocycles. The van der Waals surface area contributed by atoms with E-state index in [1.54, 1.807) is 6.92 Å². The van der Waals surface area contributed by atoms with Gasteiger partial charge in [0.25, 0.3) is 0 Å². The minimum Gasteiger partial charge on any atom is -0.481 e. The van der Waals surface area contributed by atoms with E-state index in [2.05, 4.69) is 18.7 Å². The van der Waals surface area contributed by atoms with E-state index in [0.717, 1.165) is 19.4 Å². The molecule has 0 saturated carbocycles. The quantitative estimate of drug-likeness (QED) is 0.686. The van der Waals surface area contributed by atoms with Gasteiger partial charge in [-0.25, -0.2) is 0 Å². The van der Waals surface area contributed by atoms with Crippen LogP contribution in [0.3, 0.4) is 0 Å². The summed E-state index contributed by atoms with van der Waals surface area (Å²) in [5, 5.41) is 8.83. The van der Waals surface area contributed by atoms with Crippen LogP contribution in [0.1, 0.15) is 59.3 Å². The average Bonchev–Trinajstić information content (AvgIpc) is 2.26. The van der Waals surface area contributed by atoms with Crippen LogP contribution < -0.4 is 0 Å². The lowest BCUT2D eigenvalue weighted by atomic mass is 9.72. The van der Waals surface area contributed by atoms with Gasteiger partial charge in [0, 0.05) is 13.1 Å². The number of carboxylic acids is 1. The van der Waals surface area contributed by atoms with Gasteiger partial charge in [-0.05, 0) is 37.6 Å². The highest BCUT2D eigenvalue weighted by molar-refractivity contribution is 5.69. The lowest BCUT2D eigenvalue weighted by molar-refractivity contribution is -0.141. The summed E-state index contributed by atoms with van der Waals surface area (Å²) in [7, 11) is 0. The summed E-state index contributed by atoms with van der Waals surface area (Å²) >= 11 is 0. The summed E-state index contributed by atoms with van der Waals surface area (Å²) in [5.74, 6) is -0.854. The van der Waals surface area contributed by atoms with Crippen molar-refractivity contribution in [3.63, 3.8) is 0 Å². The highest BCUT2D eigenvalue weighted by Crippen LogP contribution is 2.39. The third-order valence-electron chi connectivity index (χ3n) is 4.21. The maximum Gasteiger partial charge on any atom is 0.306 e. The van der Waals surface area contributed by atoms with Crippen LogP contribution in [0.5, 0.6) is 0 Å². The zero-order chi connectivity index (χ0) is 13.6. The molecule has 106 valence electrons. The molecule has 3 heteroatoms. The monoisotopic (exact) mass is 255 g/mol. The minimum absolute atomic E-state index is 0.192. The third kappa shape index (κ3) is 4.27. The molecule has 0 aromatic rings. The van der Waals surface area contributed by atoms with Crippen LogP contribution in [0.2, 0.25) is 0 Å². The molecule has 1 aliphatic rings. The van der Waals surface area contributed by atoms with Gasteiger partial charge in [-0.15, -0.1) is 0 Å². The summed E-state index contributed by atoms with van der Waals surface area (Å²) in [6.07, 6.45) is 7.09. The molecule has 1 heterocycles. The van der Waals surface area contributed by atoms with Crippen molar-refractivity contribution < 1.29 is 9.90 Å². The SMILES string of the molecule is CCCC1(CCC)CN(CCCC(C)C(=O)O)C1. The number of likely N-dealkylation sites (tertiary alicyclic amines) is 1. The van der Waals surface area contributed by atoms with Crippen LogP contribution in [0.25, 0.3) is 0 Å². The van der Waals surface area contributed by atoms with Crippen LogP contribution in [-0.4, -0.2) is 35.6 Å². The Labute approximate surface area is 112 Å². The second kappa shape index (κ2) is 7.13. The van der Waals surface area contributed by atoms with Gasteiger partial charge in [-0.1, -0.05) is 33.6 Å². The van der Waals surface area contributed by atoms with E-state index in [4.69, 9.17) is 5.11 Å². The van der Waals surface area contributed by atoms with Gasteiger partial charge in [0.2, 0.25) is 0 Å². The fourth-order valence-corrected chi connectivity index (χ4v) is 3.31. The van der Waals surface area contributed by atoms with Gasteiger partial charge in [0.1, 0.15) is 0 Å². The van der Waals surface area contributed by atoms with E-state index in [1.807, 2.05) is 0 Å².